The molecule has 0 unspecified atom stereocenters. The minimum absolute atomic E-state index is 0.0257. The first-order valence-corrected chi connectivity index (χ1v) is 11.9. The Hall–Kier alpha value is -1.77. The molecule has 2 rings (SSSR count). The number of rotatable bonds is 7. The van der Waals surface area contributed by atoms with Crippen LogP contribution in [0.3, 0.4) is 0 Å². The summed E-state index contributed by atoms with van der Waals surface area (Å²) < 4.78 is 28.2. The molecular weight excluding hydrogens is 402 g/mol. The van der Waals surface area contributed by atoms with Crippen LogP contribution in [0.2, 0.25) is 0 Å². The van der Waals surface area contributed by atoms with Crippen molar-refractivity contribution in [2.75, 3.05) is 32.7 Å². The second-order valence-electron chi connectivity index (χ2n) is 8.67. The first-order chi connectivity index (χ1) is 13.9. The second kappa shape index (κ2) is 9.58. The van der Waals surface area contributed by atoms with E-state index >= 15 is 0 Å². The van der Waals surface area contributed by atoms with E-state index in [4.69, 9.17) is 0 Å². The van der Waals surface area contributed by atoms with Gasteiger partial charge in [-0.05, 0) is 62.8 Å². The normalized spacial score (nSPS) is 17.2. The lowest BCUT2D eigenvalue weighted by atomic mass is 10.0. The molecule has 0 radical (unpaired) electrons. The van der Waals surface area contributed by atoms with E-state index in [-0.39, 0.29) is 24.2 Å². The van der Waals surface area contributed by atoms with Crippen molar-refractivity contribution < 1.29 is 18.0 Å². The number of ketones is 1. The van der Waals surface area contributed by atoms with Gasteiger partial charge >= 0.3 is 0 Å². The SMILES string of the molecule is CC(=O)[C@@H](NC(=O)CN1CCN(S(=O)(=O)c2c(C)c(C)cc(C)c2C)CC1)C(C)C. The van der Waals surface area contributed by atoms with E-state index in [2.05, 4.69) is 5.32 Å². The van der Waals surface area contributed by atoms with Gasteiger partial charge < -0.3 is 5.32 Å². The van der Waals surface area contributed by atoms with Crippen LogP contribution in [-0.4, -0.2) is 68.1 Å². The topological polar surface area (TPSA) is 86.8 Å². The third-order valence-corrected chi connectivity index (χ3v) is 8.19. The molecule has 0 bridgehead atoms. The molecule has 1 atom stereocenters. The van der Waals surface area contributed by atoms with Crippen LogP contribution < -0.4 is 5.32 Å². The van der Waals surface area contributed by atoms with Gasteiger partial charge in [-0.25, -0.2) is 8.42 Å². The van der Waals surface area contributed by atoms with Crippen LogP contribution in [0.1, 0.15) is 43.0 Å². The van der Waals surface area contributed by atoms with E-state index in [1.807, 2.05) is 52.5 Å². The molecular formula is C22H35N3O4S. The summed E-state index contributed by atoms with van der Waals surface area (Å²) in [5.74, 6) is -0.243. The van der Waals surface area contributed by atoms with Crippen molar-refractivity contribution in [3.8, 4) is 0 Å². The van der Waals surface area contributed by atoms with E-state index in [0.717, 1.165) is 22.3 Å². The van der Waals surface area contributed by atoms with Crippen LogP contribution >= 0.6 is 0 Å². The molecule has 1 aliphatic heterocycles. The van der Waals surface area contributed by atoms with Gasteiger partial charge in [-0.3, -0.25) is 14.5 Å². The Kier molecular flexibility index (Phi) is 7.82. The number of hydrogen-bond donors (Lipinski definition) is 1. The van der Waals surface area contributed by atoms with Crippen molar-refractivity contribution in [3.63, 3.8) is 0 Å². The van der Waals surface area contributed by atoms with Crippen LogP contribution in [-0.2, 0) is 19.6 Å². The number of sulfonamides is 1. The highest BCUT2D eigenvalue weighted by molar-refractivity contribution is 7.89. The number of Topliss-reactive ketones (excluding diaryl/α,β-unsaturated/α-hetero) is 1. The van der Waals surface area contributed by atoms with Crippen LogP contribution in [0.15, 0.2) is 11.0 Å². The van der Waals surface area contributed by atoms with Gasteiger partial charge in [0.15, 0.2) is 5.78 Å². The predicted octanol–water partition coefficient (Wildman–Crippen LogP) is 1.96. The van der Waals surface area contributed by atoms with E-state index in [9.17, 15) is 18.0 Å². The highest BCUT2D eigenvalue weighted by Crippen LogP contribution is 2.29. The van der Waals surface area contributed by atoms with Gasteiger partial charge in [0.25, 0.3) is 0 Å². The molecule has 1 aromatic rings. The third-order valence-electron chi connectivity index (χ3n) is 6.01. The van der Waals surface area contributed by atoms with Gasteiger partial charge in [0.1, 0.15) is 0 Å². The Morgan fingerprint density at radius 2 is 1.50 bits per heavy atom. The van der Waals surface area contributed by atoms with Gasteiger partial charge in [0, 0.05) is 26.2 Å². The summed E-state index contributed by atoms with van der Waals surface area (Å²) in [6, 6.07) is 1.53. The summed E-state index contributed by atoms with van der Waals surface area (Å²) in [5.41, 5.74) is 3.53. The van der Waals surface area contributed by atoms with Crippen LogP contribution in [0.5, 0.6) is 0 Å². The Labute approximate surface area is 180 Å². The van der Waals surface area contributed by atoms with Gasteiger partial charge in [0.05, 0.1) is 17.5 Å². The molecule has 1 aliphatic rings. The van der Waals surface area contributed by atoms with Crippen LogP contribution in [0.25, 0.3) is 0 Å². The van der Waals surface area contributed by atoms with Crippen molar-refractivity contribution in [1.29, 1.82) is 0 Å². The Morgan fingerprint density at radius 3 is 1.93 bits per heavy atom. The summed E-state index contributed by atoms with van der Waals surface area (Å²) in [6.45, 7) is 14.6. The lowest BCUT2D eigenvalue weighted by Crippen LogP contribution is -2.53. The minimum atomic E-state index is -3.60. The quantitative estimate of drug-likeness (QED) is 0.705. The molecule has 1 fully saturated rings. The summed E-state index contributed by atoms with van der Waals surface area (Å²) in [5, 5.41) is 2.80. The molecule has 0 saturated carbocycles. The number of aryl methyl sites for hydroxylation is 2. The average Bonchev–Trinajstić information content (AvgIpc) is 2.64. The summed E-state index contributed by atoms with van der Waals surface area (Å²) in [6.07, 6.45) is 0. The number of hydrogen-bond acceptors (Lipinski definition) is 5. The predicted molar refractivity (Wildman–Crippen MR) is 118 cm³/mol. The lowest BCUT2D eigenvalue weighted by Gasteiger charge is -2.34. The molecule has 168 valence electrons. The smallest absolute Gasteiger partial charge is 0.243 e. The molecule has 30 heavy (non-hydrogen) atoms. The Bertz CT molecular complexity index is 891. The second-order valence-corrected chi connectivity index (χ2v) is 10.5. The van der Waals surface area contributed by atoms with E-state index in [0.29, 0.717) is 31.1 Å². The van der Waals surface area contributed by atoms with E-state index in [1.54, 1.807) is 0 Å². The average molecular weight is 438 g/mol. The molecule has 0 spiro atoms. The number of amides is 1. The molecule has 0 aliphatic carbocycles. The minimum Gasteiger partial charge on any atom is -0.345 e. The Balaban J connectivity index is 2.06. The highest BCUT2D eigenvalue weighted by atomic mass is 32.2. The van der Waals surface area contributed by atoms with E-state index in [1.165, 1.54) is 11.2 Å². The molecule has 0 aromatic heterocycles. The zero-order valence-electron chi connectivity index (χ0n) is 19.2. The zero-order valence-corrected chi connectivity index (χ0v) is 20.0. The van der Waals surface area contributed by atoms with Crippen molar-refractivity contribution >= 4 is 21.7 Å². The maximum absolute atomic E-state index is 13.3. The Morgan fingerprint density at radius 1 is 1.00 bits per heavy atom. The number of carbonyl (C=O) groups is 2. The number of piperazine rings is 1. The van der Waals surface area contributed by atoms with Crippen molar-refractivity contribution in [3.05, 3.63) is 28.3 Å². The number of benzene rings is 1. The molecule has 1 N–H and O–H groups in total. The van der Waals surface area contributed by atoms with Crippen molar-refractivity contribution in [1.82, 2.24) is 14.5 Å². The van der Waals surface area contributed by atoms with E-state index < -0.39 is 16.1 Å². The number of nitrogens with one attached hydrogen (secondary N) is 1. The van der Waals surface area contributed by atoms with Crippen LogP contribution in [0.4, 0.5) is 0 Å². The van der Waals surface area contributed by atoms with Gasteiger partial charge in [-0.2, -0.15) is 4.31 Å². The van der Waals surface area contributed by atoms with Crippen molar-refractivity contribution in [2.45, 2.75) is 59.4 Å². The maximum atomic E-state index is 13.3. The highest BCUT2D eigenvalue weighted by Gasteiger charge is 2.32. The summed E-state index contributed by atoms with van der Waals surface area (Å²) in [4.78, 5) is 26.4. The number of nitrogens with zero attached hydrogens (tertiary/aromatic N) is 2. The first kappa shape index (κ1) is 24.5. The summed E-state index contributed by atoms with van der Waals surface area (Å²) >= 11 is 0. The molecule has 7 nitrogen and oxygen atoms in total. The fourth-order valence-electron chi connectivity index (χ4n) is 3.98. The van der Waals surface area contributed by atoms with Crippen LogP contribution in [0, 0.1) is 33.6 Å². The molecule has 1 aromatic carbocycles. The third kappa shape index (κ3) is 5.28. The standard InChI is InChI=1S/C22H35N3O4S/c1-14(2)21(19(7)26)23-20(27)13-24-8-10-25(11-9-24)30(28,29)22-17(5)15(3)12-16(4)18(22)6/h12,14,21H,8-11,13H2,1-7H3,(H,23,27)/t21-/m0/s1. The van der Waals surface area contributed by atoms with Gasteiger partial charge in [-0.1, -0.05) is 19.9 Å². The first-order valence-electron chi connectivity index (χ1n) is 10.5. The fourth-order valence-corrected chi connectivity index (χ4v) is 5.98. The molecule has 1 heterocycles. The fraction of sp³-hybridized carbons (Fsp3) is 0.636. The zero-order chi connectivity index (χ0) is 22.8. The largest absolute Gasteiger partial charge is 0.345 e. The molecule has 1 saturated heterocycles. The molecule has 1 amide bonds. The number of carbonyl (C=O) groups excluding carboxylic acids is 2. The summed E-state index contributed by atoms with van der Waals surface area (Å²) in [7, 11) is -3.60. The molecule has 8 heteroatoms. The van der Waals surface area contributed by atoms with Gasteiger partial charge in [-0.15, -0.1) is 0 Å². The monoisotopic (exact) mass is 437 g/mol. The van der Waals surface area contributed by atoms with Gasteiger partial charge in [0.2, 0.25) is 15.9 Å². The van der Waals surface area contributed by atoms with Crippen molar-refractivity contribution in [2.24, 2.45) is 5.92 Å². The lowest BCUT2D eigenvalue weighted by molar-refractivity contribution is -0.128. The maximum Gasteiger partial charge on any atom is 0.243 e.